The summed E-state index contributed by atoms with van der Waals surface area (Å²) in [5.41, 5.74) is 0.634. The van der Waals surface area contributed by atoms with Crippen molar-refractivity contribution in [2.24, 2.45) is 0 Å². The molecule has 0 spiro atoms. The van der Waals surface area contributed by atoms with Crippen LogP contribution in [0.15, 0.2) is 28.8 Å². The molecule has 0 aliphatic rings. The average Bonchev–Trinajstić information content (AvgIpc) is 2.64. The number of aromatic nitrogens is 2. The Hall–Kier alpha value is -2.24. The number of nitrogens with zero attached hydrogens (tertiary/aromatic N) is 3. The highest BCUT2D eigenvalue weighted by molar-refractivity contribution is 5.41. The first-order chi connectivity index (χ1) is 7.66. The molecule has 0 saturated heterocycles. The molecule has 6 nitrogen and oxygen atoms in total. The molecule has 1 aromatic carbocycles. The molecule has 0 saturated carbocycles. The molecule has 0 amide bonds. The summed E-state index contributed by atoms with van der Waals surface area (Å²) in [7, 11) is 0. The lowest BCUT2D eigenvalue weighted by atomic mass is 10.1. The fraction of sp³-hybridized carbons (Fsp3) is 0.200. The first-order valence-electron chi connectivity index (χ1n) is 4.68. The van der Waals surface area contributed by atoms with Gasteiger partial charge in [-0.2, -0.15) is 4.98 Å². The zero-order valence-electron chi connectivity index (χ0n) is 8.58. The topological polar surface area (TPSA) is 82.1 Å². The highest BCUT2D eigenvalue weighted by atomic mass is 16.6. The van der Waals surface area contributed by atoms with E-state index in [-0.39, 0.29) is 12.1 Å². The van der Waals surface area contributed by atoms with Gasteiger partial charge in [0.25, 0.3) is 5.69 Å². The molecule has 0 N–H and O–H groups in total. The van der Waals surface area contributed by atoms with Gasteiger partial charge in [0, 0.05) is 11.6 Å². The number of rotatable bonds is 3. The van der Waals surface area contributed by atoms with Crippen LogP contribution in [0.1, 0.15) is 17.3 Å². The maximum absolute atomic E-state index is 10.8. The summed E-state index contributed by atoms with van der Waals surface area (Å²) in [4.78, 5) is 14.3. The number of hydrogen-bond donors (Lipinski definition) is 0. The lowest BCUT2D eigenvalue weighted by Gasteiger charge is -1.98. The van der Waals surface area contributed by atoms with Gasteiger partial charge in [-0.3, -0.25) is 10.1 Å². The van der Waals surface area contributed by atoms with Crippen LogP contribution < -0.4 is 0 Å². The summed E-state index contributed by atoms with van der Waals surface area (Å²) < 4.78 is 4.92. The van der Waals surface area contributed by atoms with Gasteiger partial charge in [0.2, 0.25) is 5.89 Å². The molecular weight excluding hydrogens is 210 g/mol. The molecular formula is C10H9N3O3. The smallest absolute Gasteiger partial charge is 0.273 e. The number of benzene rings is 1. The highest BCUT2D eigenvalue weighted by Crippen LogP contribution is 2.20. The molecule has 16 heavy (non-hydrogen) atoms. The summed E-state index contributed by atoms with van der Waals surface area (Å²) >= 11 is 0. The Kier molecular flexibility index (Phi) is 2.63. The molecule has 82 valence electrons. The van der Waals surface area contributed by atoms with Crippen LogP contribution in [-0.4, -0.2) is 15.1 Å². The van der Waals surface area contributed by atoms with Crippen molar-refractivity contribution in [2.75, 3.05) is 0 Å². The van der Waals surface area contributed by atoms with Crippen molar-refractivity contribution < 1.29 is 9.45 Å². The average molecular weight is 219 g/mol. The minimum Gasteiger partial charge on any atom is -0.339 e. The predicted octanol–water partition coefficient (Wildman–Crippen LogP) is 1.88. The zero-order chi connectivity index (χ0) is 11.5. The molecule has 0 aliphatic carbocycles. The quantitative estimate of drug-likeness (QED) is 0.581. The lowest BCUT2D eigenvalue weighted by molar-refractivity contribution is -0.385. The van der Waals surface area contributed by atoms with E-state index >= 15 is 0 Å². The van der Waals surface area contributed by atoms with Crippen LogP contribution in [0, 0.1) is 17.0 Å². The minimum absolute atomic E-state index is 0.0679. The van der Waals surface area contributed by atoms with Crippen molar-refractivity contribution in [1.29, 1.82) is 0 Å². The van der Waals surface area contributed by atoms with Crippen molar-refractivity contribution in [3.63, 3.8) is 0 Å². The van der Waals surface area contributed by atoms with Gasteiger partial charge in [0.05, 0.1) is 11.3 Å². The van der Waals surface area contributed by atoms with Gasteiger partial charge < -0.3 is 4.52 Å². The van der Waals surface area contributed by atoms with Crippen molar-refractivity contribution in [2.45, 2.75) is 13.3 Å². The SMILES string of the molecule is Cc1noc(Cc2ccccc2[N+](=O)[O-])n1. The van der Waals surface area contributed by atoms with Crippen molar-refractivity contribution in [3.05, 3.63) is 51.7 Å². The number of hydrogen-bond acceptors (Lipinski definition) is 5. The van der Waals surface area contributed by atoms with Crippen LogP contribution in [0.5, 0.6) is 0 Å². The van der Waals surface area contributed by atoms with E-state index in [1.807, 2.05) is 0 Å². The van der Waals surface area contributed by atoms with Crippen LogP contribution in [0.25, 0.3) is 0 Å². The molecule has 0 bridgehead atoms. The van der Waals surface area contributed by atoms with E-state index in [9.17, 15) is 10.1 Å². The van der Waals surface area contributed by atoms with E-state index in [2.05, 4.69) is 10.1 Å². The minimum atomic E-state index is -0.418. The fourth-order valence-electron chi connectivity index (χ4n) is 1.41. The van der Waals surface area contributed by atoms with Gasteiger partial charge in [0.1, 0.15) is 0 Å². The first-order valence-corrected chi connectivity index (χ1v) is 4.68. The molecule has 1 aromatic heterocycles. The zero-order valence-corrected chi connectivity index (χ0v) is 8.58. The standard InChI is InChI=1S/C10H9N3O3/c1-7-11-10(16-12-7)6-8-4-2-3-5-9(8)13(14)15/h2-5H,6H2,1H3. The van der Waals surface area contributed by atoms with Gasteiger partial charge >= 0.3 is 0 Å². The van der Waals surface area contributed by atoms with Crippen molar-refractivity contribution >= 4 is 5.69 Å². The summed E-state index contributed by atoms with van der Waals surface area (Å²) in [6.07, 6.45) is 0.276. The largest absolute Gasteiger partial charge is 0.339 e. The summed E-state index contributed by atoms with van der Waals surface area (Å²) in [6.45, 7) is 1.70. The maximum Gasteiger partial charge on any atom is 0.273 e. The monoisotopic (exact) mass is 219 g/mol. The van der Waals surface area contributed by atoms with Crippen LogP contribution >= 0.6 is 0 Å². The summed E-state index contributed by atoms with van der Waals surface area (Å²) in [5.74, 6) is 0.903. The van der Waals surface area contributed by atoms with E-state index in [0.29, 0.717) is 17.3 Å². The molecule has 0 aliphatic heterocycles. The summed E-state index contributed by atoms with van der Waals surface area (Å²) in [5, 5.41) is 14.4. The molecule has 1 heterocycles. The Bertz CT molecular complexity index is 522. The Morgan fingerprint density at radius 3 is 2.81 bits per heavy atom. The molecule has 0 atom stereocenters. The Morgan fingerprint density at radius 1 is 1.44 bits per heavy atom. The molecule has 0 unspecified atom stereocenters. The number of nitro benzene ring substituents is 1. The van der Waals surface area contributed by atoms with E-state index in [1.165, 1.54) is 6.07 Å². The van der Waals surface area contributed by atoms with Gasteiger partial charge in [0.15, 0.2) is 5.82 Å². The van der Waals surface area contributed by atoms with E-state index in [4.69, 9.17) is 4.52 Å². The Morgan fingerprint density at radius 2 is 2.19 bits per heavy atom. The Balaban J connectivity index is 2.31. The molecule has 2 aromatic rings. The normalized spacial score (nSPS) is 10.3. The fourth-order valence-corrected chi connectivity index (χ4v) is 1.41. The molecule has 0 fully saturated rings. The molecule has 6 heteroatoms. The first kappa shape index (κ1) is 10.3. The summed E-state index contributed by atoms with van der Waals surface area (Å²) in [6, 6.07) is 6.50. The lowest BCUT2D eigenvalue weighted by Crippen LogP contribution is -1.96. The van der Waals surface area contributed by atoms with Crippen molar-refractivity contribution in [3.8, 4) is 0 Å². The number of nitro groups is 1. The van der Waals surface area contributed by atoms with Crippen molar-refractivity contribution in [1.82, 2.24) is 10.1 Å². The van der Waals surface area contributed by atoms with Gasteiger partial charge in [-0.15, -0.1) is 0 Å². The van der Waals surface area contributed by atoms with Gasteiger partial charge in [-0.05, 0) is 6.92 Å². The molecule has 2 rings (SSSR count). The second kappa shape index (κ2) is 4.09. The van der Waals surface area contributed by atoms with E-state index < -0.39 is 4.92 Å². The third kappa shape index (κ3) is 2.05. The van der Waals surface area contributed by atoms with Crippen LogP contribution in [0.4, 0.5) is 5.69 Å². The van der Waals surface area contributed by atoms with E-state index in [1.54, 1.807) is 25.1 Å². The van der Waals surface area contributed by atoms with Crippen LogP contribution in [-0.2, 0) is 6.42 Å². The van der Waals surface area contributed by atoms with Gasteiger partial charge in [-0.25, -0.2) is 0 Å². The maximum atomic E-state index is 10.8. The third-order valence-electron chi connectivity index (χ3n) is 2.10. The molecule has 0 radical (unpaired) electrons. The number of para-hydroxylation sites is 1. The third-order valence-corrected chi connectivity index (χ3v) is 2.10. The van der Waals surface area contributed by atoms with Crippen LogP contribution in [0.3, 0.4) is 0 Å². The van der Waals surface area contributed by atoms with E-state index in [0.717, 1.165) is 0 Å². The second-order valence-electron chi connectivity index (χ2n) is 3.30. The number of aryl methyl sites for hydroxylation is 1. The second-order valence-corrected chi connectivity index (χ2v) is 3.30. The Labute approximate surface area is 91.1 Å². The van der Waals surface area contributed by atoms with Gasteiger partial charge in [-0.1, -0.05) is 23.4 Å². The van der Waals surface area contributed by atoms with Crippen LogP contribution in [0.2, 0.25) is 0 Å². The predicted molar refractivity (Wildman–Crippen MR) is 54.9 cm³/mol. The highest BCUT2D eigenvalue weighted by Gasteiger charge is 2.15.